The first-order valence-corrected chi connectivity index (χ1v) is 7.58. The largest absolute Gasteiger partial charge is 0.398 e. The van der Waals surface area contributed by atoms with E-state index in [2.05, 4.69) is 15.1 Å². The molecule has 2 heterocycles. The number of halogens is 3. The first-order valence-electron chi connectivity index (χ1n) is 6.60. The number of hydrogen-bond acceptors (Lipinski definition) is 4. The summed E-state index contributed by atoms with van der Waals surface area (Å²) in [5.41, 5.74) is 1.62. The van der Waals surface area contributed by atoms with Crippen molar-refractivity contribution in [2.45, 2.75) is 18.3 Å². The Labute approximate surface area is 132 Å². The molecular formula is C14H11F3N4OS. The average molecular weight is 340 g/mol. The molecule has 0 bridgehead atoms. The molecule has 0 amide bonds. The fourth-order valence-corrected chi connectivity index (χ4v) is 2.80. The Morgan fingerprint density at radius 1 is 1.26 bits per heavy atom. The summed E-state index contributed by atoms with van der Waals surface area (Å²) in [4.78, 5) is 18.5. The fourth-order valence-electron chi connectivity index (χ4n) is 2.19. The molecule has 3 rings (SSSR count). The number of aromatic nitrogens is 4. The first kappa shape index (κ1) is 15.6. The van der Waals surface area contributed by atoms with Crippen molar-refractivity contribution in [2.24, 2.45) is 0 Å². The molecule has 3 aromatic rings. The van der Waals surface area contributed by atoms with E-state index in [-0.39, 0.29) is 10.8 Å². The minimum Gasteiger partial charge on any atom is -0.285 e. The Bertz CT molecular complexity index is 902. The number of benzene rings is 1. The zero-order valence-corrected chi connectivity index (χ0v) is 12.7. The van der Waals surface area contributed by atoms with Crippen molar-refractivity contribution >= 4 is 17.4 Å². The highest BCUT2D eigenvalue weighted by molar-refractivity contribution is 7.99. The van der Waals surface area contributed by atoms with Crippen LogP contribution in [0, 0.1) is 6.92 Å². The molecule has 2 aromatic heterocycles. The SMILES string of the molecule is Cc1nn2c(=O)[nH]c(SCC(F)(F)F)nc2c1-c1ccccc1. The van der Waals surface area contributed by atoms with Crippen LogP contribution in [0.15, 0.2) is 40.3 Å². The van der Waals surface area contributed by atoms with E-state index in [1.807, 2.05) is 30.3 Å². The van der Waals surface area contributed by atoms with Gasteiger partial charge in [-0.1, -0.05) is 42.1 Å². The van der Waals surface area contributed by atoms with E-state index in [0.29, 0.717) is 23.0 Å². The van der Waals surface area contributed by atoms with Gasteiger partial charge in [0, 0.05) is 5.56 Å². The van der Waals surface area contributed by atoms with Gasteiger partial charge >= 0.3 is 11.9 Å². The van der Waals surface area contributed by atoms with Crippen molar-refractivity contribution in [1.29, 1.82) is 0 Å². The van der Waals surface area contributed by atoms with Crippen LogP contribution < -0.4 is 5.69 Å². The molecule has 0 unspecified atom stereocenters. The van der Waals surface area contributed by atoms with E-state index in [9.17, 15) is 18.0 Å². The minimum absolute atomic E-state index is 0.0862. The molecule has 0 atom stereocenters. The van der Waals surface area contributed by atoms with Crippen LogP contribution in [0.4, 0.5) is 13.2 Å². The summed E-state index contributed by atoms with van der Waals surface area (Å²) in [6.45, 7) is 1.72. The van der Waals surface area contributed by atoms with Crippen LogP contribution in [-0.4, -0.2) is 31.5 Å². The zero-order valence-electron chi connectivity index (χ0n) is 11.9. The fraction of sp³-hybridized carbons (Fsp3) is 0.214. The summed E-state index contributed by atoms with van der Waals surface area (Å²) >= 11 is 0.437. The van der Waals surface area contributed by atoms with Crippen LogP contribution in [0.5, 0.6) is 0 Å². The molecule has 1 N–H and O–H groups in total. The standard InChI is InChI=1S/C14H11F3N4OS/c1-8-10(9-5-3-2-4-6-9)11-18-12(23-7-14(15,16)17)19-13(22)21(11)20-8/h2-6H,7H2,1H3,(H,18,19,22). The van der Waals surface area contributed by atoms with Crippen molar-refractivity contribution < 1.29 is 13.2 Å². The molecule has 0 fully saturated rings. The zero-order chi connectivity index (χ0) is 16.6. The Kier molecular flexibility index (Phi) is 3.88. The number of aryl methyl sites for hydroxylation is 1. The molecule has 0 aliphatic carbocycles. The lowest BCUT2D eigenvalue weighted by atomic mass is 10.1. The predicted molar refractivity (Wildman–Crippen MR) is 80.6 cm³/mol. The third kappa shape index (κ3) is 3.24. The molecule has 120 valence electrons. The van der Waals surface area contributed by atoms with E-state index in [1.54, 1.807) is 6.92 Å². The van der Waals surface area contributed by atoms with E-state index in [1.165, 1.54) is 0 Å². The molecule has 5 nitrogen and oxygen atoms in total. The second kappa shape index (κ2) is 5.73. The summed E-state index contributed by atoms with van der Waals surface area (Å²) in [7, 11) is 0. The van der Waals surface area contributed by atoms with Gasteiger partial charge in [-0.2, -0.15) is 22.8 Å². The Hall–Kier alpha value is -2.29. The van der Waals surface area contributed by atoms with Crippen molar-refractivity contribution in [3.05, 3.63) is 46.5 Å². The van der Waals surface area contributed by atoms with Gasteiger partial charge in [0.15, 0.2) is 10.8 Å². The second-order valence-corrected chi connectivity index (χ2v) is 5.78. The van der Waals surface area contributed by atoms with Gasteiger partial charge in [-0.25, -0.2) is 9.78 Å². The summed E-state index contributed by atoms with van der Waals surface area (Å²) in [5.74, 6) is -1.13. The number of alkyl halides is 3. The van der Waals surface area contributed by atoms with Crippen LogP contribution in [0.3, 0.4) is 0 Å². The quantitative estimate of drug-likeness (QED) is 0.745. The van der Waals surface area contributed by atoms with Gasteiger partial charge in [-0.15, -0.1) is 0 Å². The van der Waals surface area contributed by atoms with Gasteiger partial charge in [0.05, 0.1) is 11.4 Å². The van der Waals surface area contributed by atoms with Gasteiger partial charge in [0.1, 0.15) is 0 Å². The van der Waals surface area contributed by atoms with Crippen LogP contribution >= 0.6 is 11.8 Å². The van der Waals surface area contributed by atoms with E-state index in [0.717, 1.165) is 10.1 Å². The van der Waals surface area contributed by atoms with Gasteiger partial charge in [-0.3, -0.25) is 4.98 Å². The maximum Gasteiger partial charge on any atom is 0.398 e. The van der Waals surface area contributed by atoms with Crippen molar-refractivity contribution in [3.63, 3.8) is 0 Å². The Balaban J connectivity index is 2.13. The average Bonchev–Trinajstić information content (AvgIpc) is 2.82. The summed E-state index contributed by atoms with van der Waals surface area (Å²) in [6.07, 6.45) is -4.34. The second-order valence-electron chi connectivity index (χ2n) is 4.81. The monoisotopic (exact) mass is 340 g/mol. The smallest absolute Gasteiger partial charge is 0.285 e. The number of fused-ring (bicyclic) bond motifs is 1. The number of thioether (sulfide) groups is 1. The van der Waals surface area contributed by atoms with Crippen LogP contribution in [0.1, 0.15) is 5.69 Å². The maximum atomic E-state index is 12.3. The Morgan fingerprint density at radius 3 is 2.61 bits per heavy atom. The predicted octanol–water partition coefficient (Wildman–Crippen LogP) is 3.05. The first-order chi connectivity index (χ1) is 10.8. The molecule has 0 spiro atoms. The molecule has 9 heteroatoms. The molecule has 0 aliphatic heterocycles. The number of H-pyrrole nitrogens is 1. The van der Waals surface area contributed by atoms with Crippen molar-refractivity contribution in [3.8, 4) is 11.1 Å². The Morgan fingerprint density at radius 2 is 1.96 bits per heavy atom. The summed E-state index contributed by atoms with van der Waals surface area (Å²) in [5, 5.41) is 4.03. The van der Waals surface area contributed by atoms with Crippen LogP contribution in [0.25, 0.3) is 16.8 Å². The number of rotatable bonds is 3. The normalized spacial score (nSPS) is 12.0. The van der Waals surface area contributed by atoms with E-state index >= 15 is 0 Å². The highest BCUT2D eigenvalue weighted by Gasteiger charge is 2.28. The minimum atomic E-state index is -4.34. The van der Waals surface area contributed by atoms with E-state index < -0.39 is 17.6 Å². The van der Waals surface area contributed by atoms with Crippen LogP contribution in [0.2, 0.25) is 0 Å². The van der Waals surface area contributed by atoms with Gasteiger partial charge in [0.2, 0.25) is 0 Å². The third-order valence-corrected chi connectivity index (χ3v) is 4.02. The molecule has 0 saturated heterocycles. The van der Waals surface area contributed by atoms with Gasteiger partial charge < -0.3 is 0 Å². The number of nitrogens with zero attached hydrogens (tertiary/aromatic N) is 3. The molecule has 23 heavy (non-hydrogen) atoms. The van der Waals surface area contributed by atoms with Gasteiger partial charge in [-0.05, 0) is 12.5 Å². The van der Waals surface area contributed by atoms with Crippen molar-refractivity contribution in [2.75, 3.05) is 5.75 Å². The lowest BCUT2D eigenvalue weighted by molar-refractivity contribution is -0.105. The highest BCUT2D eigenvalue weighted by Crippen LogP contribution is 2.28. The number of hydrogen-bond donors (Lipinski definition) is 1. The van der Waals surface area contributed by atoms with Gasteiger partial charge in [0.25, 0.3) is 0 Å². The lowest BCUT2D eigenvalue weighted by Gasteiger charge is -2.05. The lowest BCUT2D eigenvalue weighted by Crippen LogP contribution is -2.20. The molecule has 0 aliphatic rings. The number of nitrogens with one attached hydrogen (secondary N) is 1. The van der Waals surface area contributed by atoms with Crippen molar-refractivity contribution in [1.82, 2.24) is 19.6 Å². The molecular weight excluding hydrogens is 329 g/mol. The highest BCUT2D eigenvalue weighted by atomic mass is 32.2. The van der Waals surface area contributed by atoms with E-state index in [4.69, 9.17) is 0 Å². The molecule has 1 aromatic carbocycles. The molecule has 0 saturated carbocycles. The topological polar surface area (TPSA) is 63.1 Å². The third-order valence-electron chi connectivity index (χ3n) is 3.08. The molecule has 0 radical (unpaired) electrons. The summed E-state index contributed by atoms with van der Waals surface area (Å²) < 4.78 is 38.1. The summed E-state index contributed by atoms with van der Waals surface area (Å²) in [6, 6.07) is 9.15. The number of aromatic amines is 1. The maximum absolute atomic E-state index is 12.3. The van der Waals surface area contributed by atoms with Crippen LogP contribution in [-0.2, 0) is 0 Å².